The fourth-order valence-corrected chi connectivity index (χ4v) is 3.50. The van der Waals surface area contributed by atoms with Crippen molar-refractivity contribution in [2.24, 2.45) is 22.7 Å². The smallest absolute Gasteiger partial charge is 0.191 e. The molecule has 26 heavy (non-hydrogen) atoms. The molecule has 2 rings (SSSR count). The first-order chi connectivity index (χ1) is 12.1. The minimum absolute atomic E-state index is 0. The van der Waals surface area contributed by atoms with E-state index in [2.05, 4.69) is 61.7 Å². The van der Waals surface area contributed by atoms with E-state index in [1.807, 2.05) is 0 Å². The maximum Gasteiger partial charge on any atom is 0.191 e. The maximum atomic E-state index is 9.26. The summed E-state index contributed by atoms with van der Waals surface area (Å²) in [4.78, 5) is 4.77. The molecule has 1 aromatic carbocycles. The third-order valence-electron chi connectivity index (χ3n) is 4.88. The van der Waals surface area contributed by atoms with Gasteiger partial charge in [-0.2, -0.15) is 0 Å². The van der Waals surface area contributed by atoms with Gasteiger partial charge in [-0.1, -0.05) is 44.2 Å². The number of benzene rings is 1. The van der Waals surface area contributed by atoms with Crippen molar-refractivity contribution < 1.29 is 5.11 Å². The fraction of sp³-hybridized carbons (Fsp3) is 0.667. The van der Waals surface area contributed by atoms with Crippen LogP contribution in [0.5, 0.6) is 0 Å². The van der Waals surface area contributed by atoms with Crippen molar-refractivity contribution in [3.05, 3.63) is 35.9 Å². The van der Waals surface area contributed by atoms with Crippen LogP contribution in [0.15, 0.2) is 35.3 Å². The summed E-state index contributed by atoms with van der Waals surface area (Å²) in [6, 6.07) is 10.8. The second-order valence-electron chi connectivity index (χ2n) is 7.62. The zero-order valence-corrected chi connectivity index (χ0v) is 18.8. The molecule has 0 amide bonds. The Morgan fingerprint density at radius 3 is 2.58 bits per heavy atom. The van der Waals surface area contributed by atoms with E-state index in [1.165, 1.54) is 12.0 Å². The van der Waals surface area contributed by atoms with Crippen LogP contribution in [0.2, 0.25) is 0 Å². The number of aliphatic hydroxyl groups excluding tert-OH is 1. The van der Waals surface area contributed by atoms with Gasteiger partial charge in [0.15, 0.2) is 5.96 Å². The first kappa shape index (κ1) is 23.2. The number of nitrogens with zero attached hydrogens (tertiary/aromatic N) is 1. The van der Waals surface area contributed by atoms with Crippen LogP contribution in [0.3, 0.4) is 0 Å². The van der Waals surface area contributed by atoms with Crippen LogP contribution in [-0.4, -0.2) is 37.3 Å². The molecule has 1 aliphatic carbocycles. The number of hydrogen-bond donors (Lipinski definition) is 3. The molecule has 0 heterocycles. The zero-order valence-electron chi connectivity index (χ0n) is 16.4. The second kappa shape index (κ2) is 12.5. The van der Waals surface area contributed by atoms with Crippen LogP contribution in [0.4, 0.5) is 0 Å². The highest BCUT2D eigenvalue weighted by molar-refractivity contribution is 14.0. The van der Waals surface area contributed by atoms with Gasteiger partial charge in [0.2, 0.25) is 0 Å². The molecular formula is C21H36IN3O. The molecule has 0 aromatic heterocycles. The van der Waals surface area contributed by atoms with Crippen molar-refractivity contribution in [1.29, 1.82) is 0 Å². The summed E-state index contributed by atoms with van der Waals surface area (Å²) in [5.41, 5.74) is 1.45. The Bertz CT molecular complexity index is 521. The molecule has 1 aromatic rings. The molecule has 1 saturated carbocycles. The number of aliphatic hydroxyl groups is 1. The molecular weight excluding hydrogens is 437 g/mol. The van der Waals surface area contributed by atoms with E-state index < -0.39 is 0 Å². The van der Waals surface area contributed by atoms with Crippen LogP contribution in [0, 0.1) is 17.8 Å². The topological polar surface area (TPSA) is 56.7 Å². The SMILES string of the molecule is CCNC(=NCC(CCO)CC(C)C)NCC1CC1c1ccccc1.I. The molecule has 0 radical (unpaired) electrons. The monoisotopic (exact) mass is 473 g/mol. The molecule has 3 atom stereocenters. The second-order valence-corrected chi connectivity index (χ2v) is 7.62. The number of aliphatic imine (C=N–C) groups is 1. The highest BCUT2D eigenvalue weighted by Crippen LogP contribution is 2.46. The van der Waals surface area contributed by atoms with Crippen molar-refractivity contribution in [1.82, 2.24) is 10.6 Å². The predicted octanol–water partition coefficient (Wildman–Crippen LogP) is 4.01. The van der Waals surface area contributed by atoms with Crippen molar-refractivity contribution in [3.8, 4) is 0 Å². The van der Waals surface area contributed by atoms with Gasteiger partial charge in [0.25, 0.3) is 0 Å². The summed E-state index contributed by atoms with van der Waals surface area (Å²) < 4.78 is 0. The highest BCUT2D eigenvalue weighted by atomic mass is 127. The highest BCUT2D eigenvalue weighted by Gasteiger charge is 2.37. The first-order valence-electron chi connectivity index (χ1n) is 9.82. The van der Waals surface area contributed by atoms with Crippen LogP contribution in [0.25, 0.3) is 0 Å². The number of guanidine groups is 1. The van der Waals surface area contributed by atoms with Crippen LogP contribution < -0.4 is 10.6 Å². The van der Waals surface area contributed by atoms with Crippen molar-refractivity contribution >= 4 is 29.9 Å². The molecule has 1 aliphatic rings. The lowest BCUT2D eigenvalue weighted by Crippen LogP contribution is -2.39. The number of nitrogens with one attached hydrogen (secondary N) is 2. The Morgan fingerprint density at radius 2 is 1.96 bits per heavy atom. The van der Waals surface area contributed by atoms with Crippen LogP contribution >= 0.6 is 24.0 Å². The summed E-state index contributed by atoms with van der Waals surface area (Å²) in [6.07, 6.45) is 3.21. The van der Waals surface area contributed by atoms with Crippen molar-refractivity contribution in [2.45, 2.75) is 46.0 Å². The van der Waals surface area contributed by atoms with Crippen molar-refractivity contribution in [3.63, 3.8) is 0 Å². The van der Waals surface area contributed by atoms with E-state index in [0.717, 1.165) is 38.4 Å². The van der Waals surface area contributed by atoms with Crippen molar-refractivity contribution in [2.75, 3.05) is 26.2 Å². The minimum Gasteiger partial charge on any atom is -0.396 e. The molecule has 4 nitrogen and oxygen atoms in total. The third-order valence-corrected chi connectivity index (χ3v) is 4.88. The molecule has 5 heteroatoms. The Balaban J connectivity index is 0.00000338. The van der Waals surface area contributed by atoms with Gasteiger partial charge in [-0.3, -0.25) is 4.99 Å². The Morgan fingerprint density at radius 1 is 1.23 bits per heavy atom. The quantitative estimate of drug-likeness (QED) is 0.274. The molecule has 3 N–H and O–H groups in total. The molecule has 3 unspecified atom stereocenters. The standard InChI is InChI=1S/C21H35N3O.HI/c1-4-22-21(23-14-17(10-11-25)12-16(2)3)24-15-19-13-20(19)18-8-6-5-7-9-18;/h5-9,16-17,19-20,25H,4,10-15H2,1-3H3,(H2,22,23,24);1H. The Kier molecular flexibility index (Phi) is 11.2. The van der Waals surface area contributed by atoms with Crippen LogP contribution in [-0.2, 0) is 0 Å². The van der Waals surface area contributed by atoms with E-state index in [4.69, 9.17) is 4.99 Å². The largest absolute Gasteiger partial charge is 0.396 e. The Labute approximate surface area is 176 Å². The molecule has 0 spiro atoms. The summed E-state index contributed by atoms with van der Waals surface area (Å²) in [5, 5.41) is 16.1. The summed E-state index contributed by atoms with van der Waals surface area (Å²) in [7, 11) is 0. The number of halogens is 1. The van der Waals surface area contributed by atoms with Gasteiger partial charge >= 0.3 is 0 Å². The lowest BCUT2D eigenvalue weighted by molar-refractivity contribution is 0.245. The molecule has 148 valence electrons. The van der Waals surface area contributed by atoms with Gasteiger partial charge in [-0.25, -0.2) is 0 Å². The zero-order chi connectivity index (χ0) is 18.1. The minimum atomic E-state index is 0. The normalized spacial score (nSPS) is 20.4. The first-order valence-corrected chi connectivity index (χ1v) is 9.82. The molecule has 1 fully saturated rings. The predicted molar refractivity (Wildman–Crippen MR) is 121 cm³/mol. The molecule has 0 aliphatic heterocycles. The van der Waals surface area contributed by atoms with E-state index >= 15 is 0 Å². The number of hydrogen-bond acceptors (Lipinski definition) is 2. The van der Waals surface area contributed by atoms with Gasteiger partial charge in [-0.05, 0) is 55.4 Å². The van der Waals surface area contributed by atoms with E-state index in [-0.39, 0.29) is 30.6 Å². The molecule has 0 bridgehead atoms. The van der Waals surface area contributed by atoms with E-state index in [1.54, 1.807) is 0 Å². The lowest BCUT2D eigenvalue weighted by atomic mass is 9.94. The Hall–Kier alpha value is -0.820. The van der Waals surface area contributed by atoms with Gasteiger partial charge < -0.3 is 15.7 Å². The fourth-order valence-electron chi connectivity index (χ4n) is 3.50. The number of rotatable bonds is 10. The summed E-state index contributed by atoms with van der Waals surface area (Å²) in [6.45, 7) is 9.43. The van der Waals surface area contributed by atoms with Gasteiger partial charge in [0.1, 0.15) is 0 Å². The summed E-state index contributed by atoms with van der Waals surface area (Å²) in [5.74, 6) is 3.40. The summed E-state index contributed by atoms with van der Waals surface area (Å²) >= 11 is 0. The molecule has 0 saturated heterocycles. The maximum absolute atomic E-state index is 9.26. The van der Waals surface area contributed by atoms with Gasteiger partial charge in [0, 0.05) is 26.2 Å². The lowest BCUT2D eigenvalue weighted by Gasteiger charge is -2.17. The van der Waals surface area contributed by atoms with E-state index in [9.17, 15) is 5.11 Å². The van der Waals surface area contributed by atoms with Gasteiger partial charge in [-0.15, -0.1) is 24.0 Å². The average Bonchev–Trinajstić information content (AvgIpc) is 3.37. The third kappa shape index (κ3) is 8.25. The van der Waals surface area contributed by atoms with Crippen LogP contribution in [0.1, 0.15) is 51.5 Å². The van der Waals surface area contributed by atoms with Gasteiger partial charge in [0.05, 0.1) is 0 Å². The average molecular weight is 473 g/mol. The van der Waals surface area contributed by atoms with E-state index in [0.29, 0.717) is 23.7 Å².